The number of rotatable bonds is 3. The van der Waals surface area contributed by atoms with Crippen molar-refractivity contribution < 1.29 is 19.4 Å². The third-order valence-corrected chi connectivity index (χ3v) is 9.80. The van der Waals surface area contributed by atoms with E-state index in [0.717, 1.165) is 46.4 Å². The average molecular weight is 476 g/mol. The molecule has 2 aliphatic rings. The first-order valence-electron chi connectivity index (χ1n) is 11.2. The molecule has 1 unspecified atom stereocenters. The van der Waals surface area contributed by atoms with Gasteiger partial charge in [0.25, 0.3) is 0 Å². The van der Waals surface area contributed by atoms with E-state index in [4.69, 9.17) is 9.47 Å². The Bertz CT molecular complexity index is 984. The number of nitrogens with zero attached hydrogens (tertiary/aromatic N) is 1. The van der Waals surface area contributed by atoms with Crippen LogP contribution in [0, 0.1) is 0 Å². The van der Waals surface area contributed by atoms with Crippen LogP contribution in [-0.2, 0) is 8.82 Å². The molecule has 0 aliphatic carbocycles. The number of fused-ring (bicyclic) bond motifs is 1. The fourth-order valence-electron chi connectivity index (χ4n) is 4.58. The van der Waals surface area contributed by atoms with Crippen LogP contribution in [-0.4, -0.2) is 59.0 Å². The van der Waals surface area contributed by atoms with Gasteiger partial charge < -0.3 is 19.5 Å². The van der Waals surface area contributed by atoms with Gasteiger partial charge in [0.05, 0.1) is 13.7 Å². The van der Waals surface area contributed by atoms with E-state index in [1.807, 2.05) is 56.4 Å². The molecule has 0 bridgehead atoms. The molecule has 0 spiro atoms. The molecule has 0 saturated carbocycles. The molecule has 2 saturated heterocycles. The zero-order valence-corrected chi connectivity index (χ0v) is 21.0. The Morgan fingerprint density at radius 3 is 2.44 bits per heavy atom. The summed E-state index contributed by atoms with van der Waals surface area (Å²) in [4.78, 5) is 14.5. The maximum Gasteiger partial charge on any atom is 0.410 e. The van der Waals surface area contributed by atoms with Gasteiger partial charge in [-0.2, -0.15) is 0 Å². The summed E-state index contributed by atoms with van der Waals surface area (Å²) in [7, 11) is 1.68. The number of ether oxygens (including phenoxy) is 2. The minimum Gasteiger partial charge on any atom is -0.497 e. The van der Waals surface area contributed by atoms with Gasteiger partial charge in [-0.05, 0) is 86.1 Å². The second-order valence-corrected chi connectivity index (χ2v) is 12.5. The van der Waals surface area contributed by atoms with Gasteiger partial charge in [-0.15, -0.1) is 23.5 Å². The highest BCUT2D eigenvalue weighted by molar-refractivity contribution is 8.18. The van der Waals surface area contributed by atoms with Crippen LogP contribution in [0.25, 0.3) is 10.8 Å². The Kier molecular flexibility index (Phi) is 6.63. The number of hydrogen-bond donors (Lipinski definition) is 1. The van der Waals surface area contributed by atoms with E-state index >= 15 is 0 Å². The molecule has 7 heteroatoms. The van der Waals surface area contributed by atoms with E-state index < -0.39 is 15.3 Å². The SMILES string of the molecule is COc1ccc2cc(C3(C4(O)CCCN(C(=O)OC(C)(C)C)C4)SCCCS3)ccc2c1. The minimum atomic E-state index is -1.04. The Labute approximate surface area is 199 Å². The molecule has 1 amide bonds. The van der Waals surface area contributed by atoms with Crippen molar-refractivity contribution in [2.45, 2.75) is 55.3 Å². The van der Waals surface area contributed by atoms with Crippen molar-refractivity contribution in [2.24, 2.45) is 0 Å². The lowest BCUT2D eigenvalue weighted by molar-refractivity contribution is -0.0502. The molecule has 2 aliphatic heterocycles. The van der Waals surface area contributed by atoms with Crippen molar-refractivity contribution in [3.05, 3.63) is 42.0 Å². The van der Waals surface area contributed by atoms with E-state index in [1.54, 1.807) is 12.0 Å². The van der Waals surface area contributed by atoms with E-state index in [0.29, 0.717) is 13.0 Å². The molecular weight excluding hydrogens is 442 g/mol. The highest BCUT2D eigenvalue weighted by atomic mass is 32.2. The summed E-state index contributed by atoms with van der Waals surface area (Å²) in [6.45, 7) is 6.51. The van der Waals surface area contributed by atoms with Crippen molar-refractivity contribution in [1.29, 1.82) is 0 Å². The quantitative estimate of drug-likeness (QED) is 0.621. The van der Waals surface area contributed by atoms with Crippen molar-refractivity contribution >= 4 is 40.4 Å². The Balaban J connectivity index is 1.71. The van der Waals surface area contributed by atoms with Gasteiger partial charge in [0.15, 0.2) is 0 Å². The van der Waals surface area contributed by atoms with Crippen LogP contribution in [0.1, 0.15) is 45.6 Å². The number of piperidine rings is 1. The Morgan fingerprint density at radius 2 is 1.75 bits per heavy atom. The highest BCUT2D eigenvalue weighted by Crippen LogP contribution is 2.59. The third-order valence-electron chi connectivity index (χ3n) is 6.06. The summed E-state index contributed by atoms with van der Waals surface area (Å²) >= 11 is 3.64. The van der Waals surface area contributed by atoms with Gasteiger partial charge in [-0.3, -0.25) is 0 Å². The number of carbonyl (C=O) groups excluding carboxylic acids is 1. The van der Waals surface area contributed by atoms with E-state index in [2.05, 4.69) is 24.3 Å². The molecule has 2 heterocycles. The Hall–Kier alpha value is -1.57. The fourth-order valence-corrected chi connectivity index (χ4v) is 8.21. The second kappa shape index (κ2) is 8.99. The molecule has 2 aromatic carbocycles. The number of hydrogen-bond acceptors (Lipinski definition) is 6. The maximum absolute atomic E-state index is 12.8. The first-order chi connectivity index (χ1) is 15.2. The summed E-state index contributed by atoms with van der Waals surface area (Å²) in [6, 6.07) is 12.5. The standard InChI is InChI=1S/C25H33NO4S2/c1-23(2,3)30-22(27)26-12-5-11-24(28,17-26)25(31-13-6-14-32-25)20-9-7-19-16-21(29-4)10-8-18(19)15-20/h7-10,15-16,28H,5-6,11-14,17H2,1-4H3. The second-order valence-electron chi connectivity index (χ2n) is 9.63. The predicted molar refractivity (Wildman–Crippen MR) is 134 cm³/mol. The van der Waals surface area contributed by atoms with Gasteiger partial charge in [0, 0.05) is 6.54 Å². The van der Waals surface area contributed by atoms with Crippen LogP contribution in [0.2, 0.25) is 0 Å². The molecule has 1 atom stereocenters. The molecule has 32 heavy (non-hydrogen) atoms. The molecule has 0 aromatic heterocycles. The fraction of sp³-hybridized carbons (Fsp3) is 0.560. The molecule has 2 aromatic rings. The smallest absolute Gasteiger partial charge is 0.410 e. The number of thioether (sulfide) groups is 2. The van der Waals surface area contributed by atoms with Gasteiger partial charge >= 0.3 is 6.09 Å². The molecule has 174 valence electrons. The number of aliphatic hydroxyl groups is 1. The lowest BCUT2D eigenvalue weighted by Crippen LogP contribution is -2.60. The largest absolute Gasteiger partial charge is 0.497 e. The number of benzene rings is 2. The molecule has 5 nitrogen and oxygen atoms in total. The number of likely N-dealkylation sites (tertiary alicyclic amines) is 1. The molecular formula is C25H33NO4S2. The summed E-state index contributed by atoms with van der Waals surface area (Å²) in [5, 5.41) is 14.4. The van der Waals surface area contributed by atoms with Gasteiger partial charge in [0.1, 0.15) is 21.0 Å². The highest BCUT2D eigenvalue weighted by Gasteiger charge is 2.56. The first kappa shape index (κ1) is 23.6. The number of carbonyl (C=O) groups is 1. The monoisotopic (exact) mass is 475 g/mol. The normalized spacial score (nSPS) is 23.7. The van der Waals surface area contributed by atoms with Crippen molar-refractivity contribution in [3.8, 4) is 5.75 Å². The van der Waals surface area contributed by atoms with E-state index in [1.165, 1.54) is 0 Å². The predicted octanol–water partition coefficient (Wildman–Crippen LogP) is 5.63. The van der Waals surface area contributed by atoms with Crippen LogP contribution in [0.4, 0.5) is 4.79 Å². The number of β-amino-alcohol motifs (C(OH)–C–C–N with tert-alkyl or cyclic N) is 1. The van der Waals surface area contributed by atoms with Crippen LogP contribution in [0.5, 0.6) is 5.75 Å². The summed E-state index contributed by atoms with van der Waals surface area (Å²) in [6.07, 6.45) is 2.19. The zero-order chi connectivity index (χ0) is 23.0. The van der Waals surface area contributed by atoms with E-state index in [9.17, 15) is 9.90 Å². The van der Waals surface area contributed by atoms with Crippen molar-refractivity contribution in [3.63, 3.8) is 0 Å². The summed E-state index contributed by atoms with van der Waals surface area (Å²) in [5.41, 5.74) is -0.491. The molecule has 2 fully saturated rings. The van der Waals surface area contributed by atoms with Crippen LogP contribution in [0.15, 0.2) is 36.4 Å². The van der Waals surface area contributed by atoms with Crippen molar-refractivity contribution in [2.75, 3.05) is 31.7 Å². The first-order valence-corrected chi connectivity index (χ1v) is 13.2. The van der Waals surface area contributed by atoms with Crippen LogP contribution >= 0.6 is 23.5 Å². The Morgan fingerprint density at radius 1 is 1.06 bits per heavy atom. The van der Waals surface area contributed by atoms with Gasteiger partial charge in [-0.1, -0.05) is 18.2 Å². The number of amides is 1. The average Bonchev–Trinajstić information content (AvgIpc) is 2.77. The lowest BCUT2D eigenvalue weighted by Gasteiger charge is -2.52. The summed E-state index contributed by atoms with van der Waals surface area (Å²) in [5.74, 6) is 2.81. The molecule has 4 rings (SSSR count). The van der Waals surface area contributed by atoms with Crippen LogP contribution in [0.3, 0.4) is 0 Å². The minimum absolute atomic E-state index is 0.280. The summed E-state index contributed by atoms with van der Waals surface area (Å²) < 4.78 is 10.5. The zero-order valence-electron chi connectivity index (χ0n) is 19.3. The van der Waals surface area contributed by atoms with E-state index in [-0.39, 0.29) is 12.6 Å². The van der Waals surface area contributed by atoms with Crippen LogP contribution < -0.4 is 4.74 Å². The topological polar surface area (TPSA) is 59.0 Å². The number of methoxy groups -OCH3 is 1. The maximum atomic E-state index is 12.8. The molecule has 0 radical (unpaired) electrons. The van der Waals surface area contributed by atoms with Gasteiger partial charge in [-0.25, -0.2) is 4.79 Å². The third kappa shape index (κ3) is 4.57. The lowest BCUT2D eigenvalue weighted by atomic mass is 9.84. The van der Waals surface area contributed by atoms with Crippen molar-refractivity contribution in [1.82, 2.24) is 4.90 Å². The van der Waals surface area contributed by atoms with Gasteiger partial charge in [0.2, 0.25) is 0 Å². The molecule has 1 N–H and O–H groups in total.